The number of alkyl carbamates (subject to hydrolysis) is 1. The number of hydrogen-bond donors (Lipinski definition) is 3. The number of rotatable bonds is 11. The number of carboxylic acids is 1. The molecule has 1 atom stereocenters. The van der Waals surface area contributed by atoms with Crippen molar-refractivity contribution in [2.75, 3.05) is 6.54 Å². The number of unbranched alkanes of at least 4 members (excludes halogenated alkanes) is 2. The summed E-state index contributed by atoms with van der Waals surface area (Å²) >= 11 is 0. The second kappa shape index (κ2) is 11.9. The van der Waals surface area contributed by atoms with Crippen molar-refractivity contribution in [3.05, 3.63) is 35.9 Å². The predicted octanol–water partition coefficient (Wildman–Crippen LogP) is 2.70. The van der Waals surface area contributed by atoms with Gasteiger partial charge < -0.3 is 20.5 Å². The molecule has 144 valence electrons. The molecule has 0 aliphatic heterocycles. The minimum Gasteiger partial charge on any atom is -0.480 e. The van der Waals surface area contributed by atoms with Gasteiger partial charge in [-0.3, -0.25) is 4.79 Å². The number of amides is 2. The molecule has 1 rings (SSSR count). The zero-order chi connectivity index (χ0) is 19.4. The van der Waals surface area contributed by atoms with Crippen LogP contribution in [-0.4, -0.2) is 35.7 Å². The fraction of sp³-hybridized carbons (Fsp3) is 0.526. The van der Waals surface area contributed by atoms with Gasteiger partial charge in [0.15, 0.2) is 0 Å². The molecular weight excluding hydrogens is 336 g/mol. The number of ether oxygens (including phenoxy) is 1. The van der Waals surface area contributed by atoms with Gasteiger partial charge in [0.25, 0.3) is 0 Å². The molecule has 0 aromatic heterocycles. The Labute approximate surface area is 154 Å². The topological polar surface area (TPSA) is 105 Å². The molecule has 0 aliphatic rings. The molecule has 3 N–H and O–H groups in total. The molecule has 0 fully saturated rings. The summed E-state index contributed by atoms with van der Waals surface area (Å²) < 4.78 is 5.09. The van der Waals surface area contributed by atoms with Crippen molar-refractivity contribution in [1.82, 2.24) is 10.6 Å². The third kappa shape index (κ3) is 9.05. The molecule has 0 heterocycles. The number of nitrogens with one attached hydrogen (secondary N) is 2. The van der Waals surface area contributed by atoms with Gasteiger partial charge in [-0.05, 0) is 24.3 Å². The lowest BCUT2D eigenvalue weighted by Gasteiger charge is -2.17. The number of benzene rings is 1. The van der Waals surface area contributed by atoms with E-state index in [1.807, 2.05) is 30.3 Å². The number of carbonyl (C=O) groups is 3. The maximum Gasteiger partial charge on any atom is 0.407 e. The Morgan fingerprint density at radius 1 is 1.08 bits per heavy atom. The third-order valence-electron chi connectivity index (χ3n) is 3.81. The quantitative estimate of drug-likeness (QED) is 0.524. The number of carbonyl (C=O) groups excluding carboxylic acids is 2. The molecule has 0 aliphatic carbocycles. The average molecular weight is 364 g/mol. The summed E-state index contributed by atoms with van der Waals surface area (Å²) in [6.07, 6.45) is 1.92. The first-order valence-corrected chi connectivity index (χ1v) is 8.87. The molecular formula is C19H28N2O5. The molecule has 0 unspecified atom stereocenters. The van der Waals surface area contributed by atoms with E-state index in [1.165, 1.54) is 0 Å². The summed E-state index contributed by atoms with van der Waals surface area (Å²) in [5.41, 5.74) is 0.926. The van der Waals surface area contributed by atoms with Crippen LogP contribution in [0.25, 0.3) is 0 Å². The fourth-order valence-corrected chi connectivity index (χ4v) is 2.31. The van der Waals surface area contributed by atoms with Crippen LogP contribution in [0.4, 0.5) is 4.79 Å². The van der Waals surface area contributed by atoms with Gasteiger partial charge in [-0.25, -0.2) is 9.59 Å². The van der Waals surface area contributed by atoms with E-state index in [9.17, 15) is 14.4 Å². The lowest BCUT2D eigenvalue weighted by Crippen LogP contribution is -2.44. The Morgan fingerprint density at radius 3 is 2.38 bits per heavy atom. The van der Waals surface area contributed by atoms with Gasteiger partial charge in [-0.1, -0.05) is 50.6 Å². The largest absolute Gasteiger partial charge is 0.480 e. The Balaban J connectivity index is 2.07. The first-order chi connectivity index (χ1) is 12.4. The monoisotopic (exact) mass is 364 g/mol. The molecule has 0 saturated carbocycles. The number of aliphatic carboxylic acids is 1. The highest BCUT2D eigenvalue weighted by Crippen LogP contribution is 2.05. The van der Waals surface area contributed by atoms with Crippen LogP contribution in [-0.2, 0) is 20.9 Å². The summed E-state index contributed by atoms with van der Waals surface area (Å²) in [7, 11) is 0. The Kier molecular flexibility index (Phi) is 9.82. The minimum atomic E-state index is -1.02. The van der Waals surface area contributed by atoms with E-state index in [-0.39, 0.29) is 24.9 Å². The minimum absolute atomic E-state index is 0.164. The van der Waals surface area contributed by atoms with Crippen LogP contribution in [0.5, 0.6) is 0 Å². The van der Waals surface area contributed by atoms with Gasteiger partial charge in [0, 0.05) is 13.0 Å². The van der Waals surface area contributed by atoms with E-state index < -0.39 is 18.1 Å². The first-order valence-electron chi connectivity index (χ1n) is 8.87. The molecule has 0 spiro atoms. The van der Waals surface area contributed by atoms with Gasteiger partial charge >= 0.3 is 12.1 Å². The Hall–Kier alpha value is -2.57. The van der Waals surface area contributed by atoms with Crippen molar-refractivity contribution in [2.24, 2.45) is 5.92 Å². The molecule has 1 aromatic rings. The molecule has 0 saturated heterocycles. The van der Waals surface area contributed by atoms with Crippen molar-refractivity contribution in [3.63, 3.8) is 0 Å². The van der Waals surface area contributed by atoms with Gasteiger partial charge in [0.05, 0.1) is 0 Å². The molecule has 7 heteroatoms. The van der Waals surface area contributed by atoms with Gasteiger partial charge in [0.1, 0.15) is 12.6 Å². The van der Waals surface area contributed by atoms with Crippen LogP contribution in [0.15, 0.2) is 30.3 Å². The van der Waals surface area contributed by atoms with Crippen LogP contribution in [0.1, 0.15) is 45.1 Å². The smallest absolute Gasteiger partial charge is 0.407 e. The van der Waals surface area contributed by atoms with E-state index in [0.29, 0.717) is 13.0 Å². The van der Waals surface area contributed by atoms with E-state index in [4.69, 9.17) is 9.84 Å². The Bertz CT molecular complexity index is 575. The summed E-state index contributed by atoms with van der Waals surface area (Å²) in [4.78, 5) is 34.3. The second-order valence-electron chi connectivity index (χ2n) is 6.43. The zero-order valence-electron chi connectivity index (χ0n) is 15.4. The first kappa shape index (κ1) is 21.5. The van der Waals surface area contributed by atoms with Crippen LogP contribution in [0.2, 0.25) is 0 Å². The van der Waals surface area contributed by atoms with E-state index in [2.05, 4.69) is 10.6 Å². The summed E-state index contributed by atoms with van der Waals surface area (Å²) in [6.45, 7) is 4.20. The normalized spacial score (nSPS) is 11.7. The maximum absolute atomic E-state index is 11.8. The zero-order valence-corrected chi connectivity index (χ0v) is 15.4. The maximum atomic E-state index is 11.8. The number of carboxylic acid groups (broad SMARTS) is 1. The lowest BCUT2D eigenvalue weighted by atomic mass is 10.0. The molecule has 2 amide bonds. The lowest BCUT2D eigenvalue weighted by molar-refractivity contribution is -0.143. The van der Waals surface area contributed by atoms with Crippen molar-refractivity contribution in [1.29, 1.82) is 0 Å². The summed E-state index contributed by atoms with van der Waals surface area (Å²) in [6, 6.07) is 8.57. The van der Waals surface area contributed by atoms with Gasteiger partial charge in [-0.2, -0.15) is 0 Å². The molecule has 0 bridgehead atoms. The van der Waals surface area contributed by atoms with Crippen LogP contribution in [0, 0.1) is 5.92 Å². The van der Waals surface area contributed by atoms with Gasteiger partial charge in [-0.15, -0.1) is 0 Å². The van der Waals surface area contributed by atoms with E-state index in [0.717, 1.165) is 18.4 Å². The highest BCUT2D eigenvalue weighted by molar-refractivity contribution is 5.83. The molecule has 0 radical (unpaired) electrons. The van der Waals surface area contributed by atoms with Crippen LogP contribution < -0.4 is 10.6 Å². The van der Waals surface area contributed by atoms with Crippen molar-refractivity contribution < 1.29 is 24.2 Å². The summed E-state index contributed by atoms with van der Waals surface area (Å²) in [5.74, 6) is -1.45. The standard InChI is InChI=1S/C19H28N2O5/c1-14(2)17(18(23)24)21-16(22)11-7-4-8-12-20-19(25)26-13-15-9-5-3-6-10-15/h3,5-6,9-10,14,17H,4,7-8,11-13H2,1-2H3,(H,20,25)(H,21,22)(H,23,24)/t17-/m1/s1. The average Bonchev–Trinajstić information content (AvgIpc) is 2.61. The molecule has 7 nitrogen and oxygen atoms in total. The summed E-state index contributed by atoms with van der Waals surface area (Å²) in [5, 5.41) is 14.2. The van der Waals surface area contributed by atoms with Crippen molar-refractivity contribution in [2.45, 2.75) is 52.2 Å². The third-order valence-corrected chi connectivity index (χ3v) is 3.81. The molecule has 1 aromatic carbocycles. The van der Waals surface area contributed by atoms with Crippen LogP contribution in [0.3, 0.4) is 0 Å². The highest BCUT2D eigenvalue weighted by atomic mass is 16.5. The van der Waals surface area contributed by atoms with Crippen molar-refractivity contribution >= 4 is 18.0 Å². The second-order valence-corrected chi connectivity index (χ2v) is 6.43. The van der Waals surface area contributed by atoms with E-state index >= 15 is 0 Å². The molecule has 26 heavy (non-hydrogen) atoms. The Morgan fingerprint density at radius 2 is 1.77 bits per heavy atom. The highest BCUT2D eigenvalue weighted by Gasteiger charge is 2.22. The fourth-order valence-electron chi connectivity index (χ4n) is 2.31. The van der Waals surface area contributed by atoms with Crippen LogP contribution >= 0.6 is 0 Å². The van der Waals surface area contributed by atoms with Crippen molar-refractivity contribution in [3.8, 4) is 0 Å². The predicted molar refractivity (Wildman–Crippen MR) is 97.5 cm³/mol. The van der Waals surface area contributed by atoms with Gasteiger partial charge in [0.2, 0.25) is 5.91 Å². The number of hydrogen-bond acceptors (Lipinski definition) is 4. The van der Waals surface area contributed by atoms with E-state index in [1.54, 1.807) is 13.8 Å². The SMILES string of the molecule is CC(C)[C@@H](NC(=O)CCCCCNC(=O)OCc1ccccc1)C(=O)O.